The molecule has 1 aliphatic rings. The standard InChI is InChI=1S/C25H31N3O3S/c1-19-7-5-6-8-21(19)17-32-18-25(30)28-26-15-20-11-13-23(14-12-20)31-16-24(29)27-22-9-3-2-4-10-22/h5-8,11-15,22H,2-4,9-10,16-18H2,1H3,(H,27,29)(H,28,30). The van der Waals surface area contributed by atoms with Crippen molar-refractivity contribution < 1.29 is 14.3 Å². The van der Waals surface area contributed by atoms with E-state index in [1.807, 2.05) is 24.3 Å². The van der Waals surface area contributed by atoms with Gasteiger partial charge in [0, 0.05) is 11.8 Å². The highest BCUT2D eigenvalue weighted by atomic mass is 32.2. The van der Waals surface area contributed by atoms with Crippen LogP contribution in [0.4, 0.5) is 0 Å². The fourth-order valence-corrected chi connectivity index (χ4v) is 4.45. The Kier molecular flexibility index (Phi) is 9.62. The summed E-state index contributed by atoms with van der Waals surface area (Å²) >= 11 is 1.56. The smallest absolute Gasteiger partial charge is 0.258 e. The van der Waals surface area contributed by atoms with E-state index in [1.54, 1.807) is 30.1 Å². The van der Waals surface area contributed by atoms with Gasteiger partial charge in [-0.3, -0.25) is 9.59 Å². The van der Waals surface area contributed by atoms with Gasteiger partial charge < -0.3 is 10.1 Å². The van der Waals surface area contributed by atoms with Gasteiger partial charge in [0.15, 0.2) is 6.61 Å². The van der Waals surface area contributed by atoms with Crippen molar-refractivity contribution in [3.8, 4) is 5.75 Å². The summed E-state index contributed by atoms with van der Waals surface area (Å²) in [4.78, 5) is 24.0. The predicted octanol–water partition coefficient (Wildman–Crippen LogP) is 4.21. The van der Waals surface area contributed by atoms with Crippen LogP contribution in [0.5, 0.6) is 5.75 Å². The number of nitrogens with one attached hydrogen (secondary N) is 2. The van der Waals surface area contributed by atoms with E-state index in [9.17, 15) is 9.59 Å². The number of ether oxygens (including phenoxy) is 1. The van der Waals surface area contributed by atoms with Gasteiger partial charge in [-0.25, -0.2) is 5.43 Å². The highest BCUT2D eigenvalue weighted by Gasteiger charge is 2.15. The molecule has 32 heavy (non-hydrogen) atoms. The minimum atomic E-state index is -0.135. The first kappa shape index (κ1) is 23.9. The summed E-state index contributed by atoms with van der Waals surface area (Å²) in [5.74, 6) is 1.55. The molecule has 1 aliphatic carbocycles. The number of hydrogen-bond donors (Lipinski definition) is 2. The molecular weight excluding hydrogens is 422 g/mol. The molecule has 7 heteroatoms. The third kappa shape index (κ3) is 8.38. The Morgan fingerprint density at radius 1 is 1.06 bits per heavy atom. The van der Waals surface area contributed by atoms with Gasteiger partial charge >= 0.3 is 0 Å². The lowest BCUT2D eigenvalue weighted by Crippen LogP contribution is -2.38. The number of benzene rings is 2. The molecule has 2 aromatic carbocycles. The monoisotopic (exact) mass is 453 g/mol. The molecule has 1 fully saturated rings. The lowest BCUT2D eigenvalue weighted by atomic mass is 9.95. The molecule has 0 spiro atoms. The van der Waals surface area contributed by atoms with Crippen molar-refractivity contribution in [3.05, 3.63) is 65.2 Å². The number of hydrazone groups is 1. The van der Waals surface area contributed by atoms with Crippen LogP contribution in [0, 0.1) is 6.92 Å². The van der Waals surface area contributed by atoms with E-state index in [0.717, 1.165) is 24.2 Å². The number of carbonyl (C=O) groups is 2. The number of thioether (sulfide) groups is 1. The Labute approximate surface area is 194 Å². The second kappa shape index (κ2) is 12.9. The number of rotatable bonds is 10. The van der Waals surface area contributed by atoms with Crippen molar-refractivity contribution >= 4 is 29.8 Å². The van der Waals surface area contributed by atoms with Crippen molar-refractivity contribution in [2.24, 2.45) is 5.10 Å². The Bertz CT molecular complexity index is 909. The van der Waals surface area contributed by atoms with E-state index in [-0.39, 0.29) is 24.5 Å². The molecule has 0 heterocycles. The minimum Gasteiger partial charge on any atom is -0.484 e. The summed E-state index contributed by atoms with van der Waals surface area (Å²) < 4.78 is 5.57. The van der Waals surface area contributed by atoms with Crippen molar-refractivity contribution in [3.63, 3.8) is 0 Å². The molecule has 0 aliphatic heterocycles. The van der Waals surface area contributed by atoms with Gasteiger partial charge in [0.2, 0.25) is 5.91 Å². The van der Waals surface area contributed by atoms with Crippen LogP contribution in [0.3, 0.4) is 0 Å². The van der Waals surface area contributed by atoms with Crippen molar-refractivity contribution in [2.45, 2.75) is 50.8 Å². The predicted molar refractivity (Wildman–Crippen MR) is 130 cm³/mol. The normalized spacial score (nSPS) is 14.3. The molecule has 170 valence electrons. The van der Waals surface area contributed by atoms with E-state index < -0.39 is 0 Å². The Morgan fingerprint density at radius 2 is 1.81 bits per heavy atom. The molecule has 0 radical (unpaired) electrons. The second-order valence-electron chi connectivity index (χ2n) is 7.97. The summed E-state index contributed by atoms with van der Waals surface area (Å²) in [7, 11) is 0. The lowest BCUT2D eigenvalue weighted by molar-refractivity contribution is -0.124. The quantitative estimate of drug-likeness (QED) is 0.417. The molecule has 1 saturated carbocycles. The van der Waals surface area contributed by atoms with Crippen LogP contribution >= 0.6 is 11.8 Å². The van der Waals surface area contributed by atoms with Gasteiger partial charge in [-0.05, 0) is 60.7 Å². The molecule has 2 N–H and O–H groups in total. The van der Waals surface area contributed by atoms with Crippen molar-refractivity contribution in [1.82, 2.24) is 10.7 Å². The third-order valence-electron chi connectivity index (χ3n) is 5.38. The van der Waals surface area contributed by atoms with Gasteiger partial charge in [-0.1, -0.05) is 43.5 Å². The van der Waals surface area contributed by atoms with Crippen LogP contribution in [-0.4, -0.2) is 36.4 Å². The first-order valence-electron chi connectivity index (χ1n) is 11.1. The minimum absolute atomic E-state index is 0.0141. The highest BCUT2D eigenvalue weighted by molar-refractivity contribution is 7.99. The molecule has 0 aromatic heterocycles. The number of nitrogens with zero attached hydrogens (tertiary/aromatic N) is 1. The van der Waals surface area contributed by atoms with Crippen LogP contribution in [0.2, 0.25) is 0 Å². The fraction of sp³-hybridized carbons (Fsp3) is 0.400. The fourth-order valence-electron chi connectivity index (χ4n) is 3.55. The Balaban J connectivity index is 1.33. The zero-order chi connectivity index (χ0) is 22.6. The Hall–Kier alpha value is -2.80. The van der Waals surface area contributed by atoms with Crippen LogP contribution < -0.4 is 15.5 Å². The van der Waals surface area contributed by atoms with E-state index in [1.165, 1.54) is 30.4 Å². The van der Waals surface area contributed by atoms with Crippen LogP contribution in [0.25, 0.3) is 0 Å². The van der Waals surface area contributed by atoms with E-state index in [2.05, 4.69) is 34.9 Å². The zero-order valence-electron chi connectivity index (χ0n) is 18.5. The molecular formula is C25H31N3O3S. The first-order chi connectivity index (χ1) is 15.6. The summed E-state index contributed by atoms with van der Waals surface area (Å²) in [6.45, 7) is 2.09. The van der Waals surface area contributed by atoms with Gasteiger partial charge in [-0.2, -0.15) is 5.10 Å². The average Bonchev–Trinajstić information content (AvgIpc) is 2.80. The molecule has 6 nitrogen and oxygen atoms in total. The number of aryl methyl sites for hydroxylation is 1. The van der Waals surface area contributed by atoms with Crippen molar-refractivity contribution in [2.75, 3.05) is 12.4 Å². The largest absolute Gasteiger partial charge is 0.484 e. The summed E-state index contributed by atoms with van der Waals surface area (Å²) in [5.41, 5.74) is 5.85. The number of hydrogen-bond acceptors (Lipinski definition) is 5. The molecule has 0 unspecified atom stereocenters. The Morgan fingerprint density at radius 3 is 2.56 bits per heavy atom. The molecule has 0 atom stereocenters. The second-order valence-corrected chi connectivity index (χ2v) is 8.96. The van der Waals surface area contributed by atoms with E-state index in [4.69, 9.17) is 4.74 Å². The highest BCUT2D eigenvalue weighted by Crippen LogP contribution is 2.18. The lowest BCUT2D eigenvalue weighted by Gasteiger charge is -2.22. The number of amides is 2. The summed E-state index contributed by atoms with van der Waals surface area (Å²) in [6, 6.07) is 15.7. The van der Waals surface area contributed by atoms with Gasteiger partial charge in [0.25, 0.3) is 5.91 Å². The molecule has 0 bridgehead atoms. The van der Waals surface area contributed by atoms with E-state index >= 15 is 0 Å². The third-order valence-corrected chi connectivity index (χ3v) is 6.36. The van der Waals surface area contributed by atoms with Crippen molar-refractivity contribution in [1.29, 1.82) is 0 Å². The van der Waals surface area contributed by atoms with Gasteiger partial charge in [0.05, 0.1) is 12.0 Å². The van der Waals surface area contributed by atoms with Gasteiger partial charge in [0.1, 0.15) is 5.75 Å². The summed E-state index contributed by atoms with van der Waals surface area (Å²) in [6.07, 6.45) is 7.32. The van der Waals surface area contributed by atoms with E-state index in [0.29, 0.717) is 11.5 Å². The maximum Gasteiger partial charge on any atom is 0.258 e. The maximum absolute atomic E-state index is 12.0. The van der Waals surface area contributed by atoms with Gasteiger partial charge in [-0.15, -0.1) is 11.8 Å². The molecule has 3 rings (SSSR count). The van der Waals surface area contributed by atoms with Crippen LogP contribution in [-0.2, 0) is 15.3 Å². The topological polar surface area (TPSA) is 79.8 Å². The van der Waals surface area contributed by atoms with Crippen LogP contribution in [0.15, 0.2) is 53.6 Å². The maximum atomic E-state index is 12.0. The first-order valence-corrected chi connectivity index (χ1v) is 12.2. The van der Waals surface area contributed by atoms with Crippen LogP contribution in [0.1, 0.15) is 48.8 Å². The zero-order valence-corrected chi connectivity index (χ0v) is 19.3. The SMILES string of the molecule is Cc1ccccc1CSCC(=O)NN=Cc1ccc(OCC(=O)NC2CCCCC2)cc1. The molecule has 2 aromatic rings. The molecule has 0 saturated heterocycles. The molecule has 2 amide bonds. The average molecular weight is 454 g/mol. The summed E-state index contributed by atoms with van der Waals surface area (Å²) in [5, 5.41) is 7.05. The number of carbonyl (C=O) groups excluding carboxylic acids is 2.